The summed E-state index contributed by atoms with van der Waals surface area (Å²) in [5.74, 6) is -1.14. The maximum absolute atomic E-state index is 13.1. The van der Waals surface area contributed by atoms with Crippen molar-refractivity contribution in [3.63, 3.8) is 0 Å². The highest BCUT2D eigenvalue weighted by Gasteiger charge is 2.34. The van der Waals surface area contributed by atoms with Gasteiger partial charge in [-0.05, 0) is 36.8 Å². The highest BCUT2D eigenvalue weighted by molar-refractivity contribution is 5.90. The van der Waals surface area contributed by atoms with Crippen molar-refractivity contribution in [3.8, 4) is 11.6 Å². The minimum Gasteiger partial charge on any atom is -0.438 e. The van der Waals surface area contributed by atoms with Crippen molar-refractivity contribution in [2.24, 2.45) is 0 Å². The summed E-state index contributed by atoms with van der Waals surface area (Å²) < 4.78 is 44.5. The van der Waals surface area contributed by atoms with Gasteiger partial charge in [0.2, 0.25) is 17.7 Å². The van der Waals surface area contributed by atoms with Gasteiger partial charge in [0, 0.05) is 25.4 Å². The molecule has 154 valence electrons. The fourth-order valence-electron chi connectivity index (χ4n) is 2.42. The van der Waals surface area contributed by atoms with Crippen molar-refractivity contribution >= 4 is 11.8 Å². The molecule has 29 heavy (non-hydrogen) atoms. The number of nitrogens with one attached hydrogen (secondary N) is 1. The summed E-state index contributed by atoms with van der Waals surface area (Å²) >= 11 is 0. The number of rotatable bonds is 8. The van der Waals surface area contributed by atoms with E-state index in [1.54, 1.807) is 13.0 Å². The number of carbonyl (C=O) groups is 2. The van der Waals surface area contributed by atoms with Gasteiger partial charge in [-0.25, -0.2) is 4.98 Å². The van der Waals surface area contributed by atoms with Gasteiger partial charge in [0.25, 0.3) is 0 Å². The van der Waals surface area contributed by atoms with E-state index in [0.717, 1.165) is 12.1 Å². The van der Waals surface area contributed by atoms with Crippen LogP contribution >= 0.6 is 0 Å². The highest BCUT2D eigenvalue weighted by Crippen LogP contribution is 2.37. The van der Waals surface area contributed by atoms with Gasteiger partial charge in [-0.15, -0.1) is 0 Å². The summed E-state index contributed by atoms with van der Waals surface area (Å²) in [6.07, 6.45) is -2.06. The van der Waals surface area contributed by atoms with Gasteiger partial charge < -0.3 is 15.0 Å². The van der Waals surface area contributed by atoms with Crippen LogP contribution in [0.2, 0.25) is 0 Å². The van der Waals surface area contributed by atoms with Crippen LogP contribution in [0.3, 0.4) is 0 Å². The number of pyridine rings is 1. The summed E-state index contributed by atoms with van der Waals surface area (Å²) in [6, 6.07) is 7.85. The monoisotopic (exact) mass is 407 g/mol. The number of amides is 2. The second-order valence-corrected chi connectivity index (χ2v) is 5.93. The molecule has 0 atom stereocenters. The standard InChI is InChI=1S/C20H20F3N3O3/c1-3-19(28)26(4-2)13-17(27)25-12-14-9-10-24-18(11-14)29-16-8-6-5-7-15(16)20(21,22)23/h3,5-11H,1,4,12-13H2,2H3,(H,25,27). The van der Waals surface area contributed by atoms with Crippen molar-refractivity contribution in [1.29, 1.82) is 0 Å². The molecule has 0 radical (unpaired) electrons. The molecule has 6 nitrogen and oxygen atoms in total. The van der Waals surface area contributed by atoms with E-state index in [0.29, 0.717) is 12.1 Å². The Kier molecular flexibility index (Phi) is 7.35. The summed E-state index contributed by atoms with van der Waals surface area (Å²) in [4.78, 5) is 28.8. The molecule has 1 aromatic heterocycles. The molecular weight excluding hydrogens is 387 g/mol. The van der Waals surface area contributed by atoms with Crippen LogP contribution < -0.4 is 10.1 Å². The largest absolute Gasteiger partial charge is 0.438 e. The zero-order valence-electron chi connectivity index (χ0n) is 15.7. The van der Waals surface area contributed by atoms with Gasteiger partial charge in [-0.1, -0.05) is 18.7 Å². The van der Waals surface area contributed by atoms with Crippen LogP contribution in [0.1, 0.15) is 18.1 Å². The number of nitrogens with zero attached hydrogens (tertiary/aromatic N) is 2. The van der Waals surface area contributed by atoms with Crippen LogP contribution in [0.4, 0.5) is 13.2 Å². The van der Waals surface area contributed by atoms with Crippen molar-refractivity contribution in [1.82, 2.24) is 15.2 Å². The van der Waals surface area contributed by atoms with E-state index < -0.39 is 11.7 Å². The molecule has 0 unspecified atom stereocenters. The van der Waals surface area contributed by atoms with Crippen LogP contribution in [0.15, 0.2) is 55.3 Å². The van der Waals surface area contributed by atoms with Crippen molar-refractivity contribution < 1.29 is 27.5 Å². The first kappa shape index (κ1) is 21.9. The predicted octanol–water partition coefficient (Wildman–Crippen LogP) is 3.54. The quantitative estimate of drug-likeness (QED) is 0.680. The second-order valence-electron chi connectivity index (χ2n) is 5.93. The normalized spacial score (nSPS) is 10.9. The van der Waals surface area contributed by atoms with Crippen molar-refractivity contribution in [2.45, 2.75) is 19.6 Å². The molecule has 1 heterocycles. The number of halogens is 3. The van der Waals surface area contributed by atoms with Gasteiger partial charge >= 0.3 is 6.18 Å². The summed E-state index contributed by atoms with van der Waals surface area (Å²) in [5.41, 5.74) is -0.335. The SMILES string of the molecule is C=CC(=O)N(CC)CC(=O)NCc1ccnc(Oc2ccccc2C(F)(F)F)c1. The molecule has 0 saturated carbocycles. The van der Waals surface area contributed by atoms with E-state index >= 15 is 0 Å². The third-order valence-corrected chi connectivity index (χ3v) is 3.90. The smallest absolute Gasteiger partial charge is 0.419 e. The molecule has 1 aromatic carbocycles. The number of aromatic nitrogens is 1. The van der Waals surface area contributed by atoms with Gasteiger partial charge in [0.1, 0.15) is 5.75 Å². The Balaban J connectivity index is 2.03. The van der Waals surface area contributed by atoms with E-state index in [9.17, 15) is 22.8 Å². The molecule has 0 saturated heterocycles. The lowest BCUT2D eigenvalue weighted by molar-refractivity contribution is -0.138. The van der Waals surface area contributed by atoms with E-state index in [-0.39, 0.29) is 36.5 Å². The van der Waals surface area contributed by atoms with E-state index in [4.69, 9.17) is 4.74 Å². The number of likely N-dealkylation sites (N-methyl/N-ethyl adjacent to an activating group) is 1. The number of hydrogen-bond donors (Lipinski definition) is 1. The Morgan fingerprint density at radius 1 is 1.28 bits per heavy atom. The first-order chi connectivity index (χ1) is 13.7. The molecule has 2 amide bonds. The average Bonchev–Trinajstić information content (AvgIpc) is 2.70. The highest BCUT2D eigenvalue weighted by atomic mass is 19.4. The van der Waals surface area contributed by atoms with Crippen LogP contribution in [-0.4, -0.2) is 34.8 Å². The third-order valence-electron chi connectivity index (χ3n) is 3.90. The molecule has 0 aliphatic carbocycles. The Morgan fingerprint density at radius 2 is 2.00 bits per heavy atom. The zero-order valence-corrected chi connectivity index (χ0v) is 15.7. The minimum atomic E-state index is -4.56. The molecule has 2 rings (SSSR count). The third kappa shape index (κ3) is 6.34. The fraction of sp³-hybridized carbons (Fsp3) is 0.250. The average molecular weight is 407 g/mol. The van der Waals surface area contributed by atoms with Crippen LogP contribution in [0, 0.1) is 0 Å². The Bertz CT molecular complexity index is 885. The molecular formula is C20H20F3N3O3. The number of benzene rings is 1. The Hall–Kier alpha value is -3.36. The maximum atomic E-state index is 13.1. The second kappa shape index (κ2) is 9.72. The summed E-state index contributed by atoms with van der Waals surface area (Å²) in [5, 5.41) is 2.64. The number of hydrogen-bond acceptors (Lipinski definition) is 4. The molecule has 0 aliphatic heterocycles. The van der Waals surface area contributed by atoms with Gasteiger partial charge in [-0.2, -0.15) is 13.2 Å². The van der Waals surface area contributed by atoms with E-state index in [2.05, 4.69) is 16.9 Å². The predicted molar refractivity (Wildman–Crippen MR) is 100 cm³/mol. The Labute approximate surface area is 166 Å². The zero-order chi connectivity index (χ0) is 21.4. The lowest BCUT2D eigenvalue weighted by atomic mass is 10.2. The van der Waals surface area contributed by atoms with E-state index in [1.165, 1.54) is 35.4 Å². The van der Waals surface area contributed by atoms with Crippen LogP contribution in [0.25, 0.3) is 0 Å². The number of para-hydroxylation sites is 1. The minimum absolute atomic E-state index is 0.0366. The molecule has 0 fully saturated rings. The van der Waals surface area contributed by atoms with Gasteiger partial charge in [-0.3, -0.25) is 9.59 Å². The maximum Gasteiger partial charge on any atom is 0.419 e. The van der Waals surface area contributed by atoms with Crippen LogP contribution in [0.5, 0.6) is 11.6 Å². The lowest BCUT2D eigenvalue weighted by Gasteiger charge is -2.18. The van der Waals surface area contributed by atoms with Crippen molar-refractivity contribution in [2.75, 3.05) is 13.1 Å². The molecule has 2 aromatic rings. The van der Waals surface area contributed by atoms with Gasteiger partial charge in [0.05, 0.1) is 12.1 Å². The number of alkyl halides is 3. The van der Waals surface area contributed by atoms with Gasteiger partial charge in [0.15, 0.2) is 0 Å². The number of carbonyl (C=O) groups excluding carboxylic acids is 2. The first-order valence-corrected chi connectivity index (χ1v) is 8.71. The molecule has 0 spiro atoms. The molecule has 0 aliphatic rings. The molecule has 0 bridgehead atoms. The molecule has 9 heteroatoms. The van der Waals surface area contributed by atoms with Crippen molar-refractivity contribution in [3.05, 3.63) is 66.4 Å². The van der Waals surface area contributed by atoms with Crippen LogP contribution in [-0.2, 0) is 22.3 Å². The first-order valence-electron chi connectivity index (χ1n) is 8.71. The van der Waals surface area contributed by atoms with E-state index in [1.807, 2.05) is 0 Å². The number of ether oxygens (including phenoxy) is 1. The lowest BCUT2D eigenvalue weighted by Crippen LogP contribution is -2.39. The topological polar surface area (TPSA) is 71.5 Å². The summed E-state index contributed by atoms with van der Waals surface area (Å²) in [7, 11) is 0. The molecule has 1 N–H and O–H groups in total. The summed E-state index contributed by atoms with van der Waals surface area (Å²) in [6.45, 7) is 5.43. The Morgan fingerprint density at radius 3 is 2.66 bits per heavy atom. The fourth-order valence-corrected chi connectivity index (χ4v) is 2.42.